The molecule has 0 saturated heterocycles. The summed E-state index contributed by atoms with van der Waals surface area (Å²) >= 11 is 0. The van der Waals surface area contributed by atoms with Crippen LogP contribution < -0.4 is 5.14 Å². The lowest BCUT2D eigenvalue weighted by atomic mass is 10.1. The highest BCUT2D eigenvalue weighted by Gasteiger charge is 2.18. The summed E-state index contributed by atoms with van der Waals surface area (Å²) in [6.07, 6.45) is 0.999. The lowest BCUT2D eigenvalue weighted by Gasteiger charge is -2.14. The van der Waals surface area contributed by atoms with Gasteiger partial charge in [0.05, 0.1) is 11.4 Å². The summed E-state index contributed by atoms with van der Waals surface area (Å²) in [5.41, 5.74) is 3.25. The van der Waals surface area contributed by atoms with Gasteiger partial charge in [-0.05, 0) is 64.2 Å². The number of nitrogens with zero attached hydrogens (tertiary/aromatic N) is 2. The van der Waals surface area contributed by atoms with Crippen molar-refractivity contribution in [1.29, 1.82) is 0 Å². The van der Waals surface area contributed by atoms with Gasteiger partial charge in [0.15, 0.2) is 5.78 Å². The summed E-state index contributed by atoms with van der Waals surface area (Å²) in [6, 6.07) is 8.21. The minimum Gasteiger partial charge on any atom is -0.318 e. The minimum atomic E-state index is -3.72. The molecule has 1 heterocycles. The molecule has 0 spiro atoms. The van der Waals surface area contributed by atoms with E-state index in [4.69, 9.17) is 5.14 Å². The van der Waals surface area contributed by atoms with Crippen LogP contribution in [0.15, 0.2) is 35.2 Å². The predicted molar refractivity (Wildman–Crippen MR) is 98.7 cm³/mol. The van der Waals surface area contributed by atoms with E-state index in [1.54, 1.807) is 12.1 Å². The van der Waals surface area contributed by atoms with Crippen molar-refractivity contribution in [1.82, 2.24) is 9.47 Å². The molecule has 2 N–H and O–H groups in total. The summed E-state index contributed by atoms with van der Waals surface area (Å²) in [6.45, 7) is 7.15. The molecule has 0 amide bonds. The number of rotatable bonds is 7. The van der Waals surface area contributed by atoms with Gasteiger partial charge in [-0.15, -0.1) is 0 Å². The van der Waals surface area contributed by atoms with Crippen LogP contribution in [-0.4, -0.2) is 43.8 Å². The molecule has 1 aromatic carbocycles. The van der Waals surface area contributed by atoms with Crippen LogP contribution in [0.2, 0.25) is 0 Å². The summed E-state index contributed by atoms with van der Waals surface area (Å²) in [7, 11) is -1.78. The lowest BCUT2D eigenvalue weighted by molar-refractivity contribution is 0.0946. The first-order chi connectivity index (χ1) is 11.6. The number of aromatic nitrogens is 1. The average Bonchev–Trinajstić information content (AvgIpc) is 2.81. The van der Waals surface area contributed by atoms with E-state index in [2.05, 4.69) is 6.92 Å². The third-order valence-electron chi connectivity index (χ3n) is 4.17. The summed E-state index contributed by atoms with van der Waals surface area (Å²) in [5, 5.41) is 5.14. The zero-order valence-electron chi connectivity index (χ0n) is 15.1. The molecule has 0 radical (unpaired) electrons. The van der Waals surface area contributed by atoms with Crippen molar-refractivity contribution in [3.63, 3.8) is 0 Å². The fourth-order valence-electron chi connectivity index (χ4n) is 3.02. The quantitative estimate of drug-likeness (QED) is 0.765. The number of carbonyl (C=O) groups excluding carboxylic acids is 1. The molecule has 2 rings (SSSR count). The second kappa shape index (κ2) is 7.51. The van der Waals surface area contributed by atoms with Crippen LogP contribution in [0.5, 0.6) is 0 Å². The molecule has 0 unspecified atom stereocenters. The van der Waals surface area contributed by atoms with Crippen LogP contribution in [-0.2, 0) is 10.0 Å². The van der Waals surface area contributed by atoms with Gasteiger partial charge < -0.3 is 4.57 Å². The van der Waals surface area contributed by atoms with Gasteiger partial charge in [0.1, 0.15) is 0 Å². The molecule has 0 aliphatic rings. The molecule has 136 valence electrons. The maximum absolute atomic E-state index is 12.6. The van der Waals surface area contributed by atoms with E-state index in [9.17, 15) is 13.2 Å². The topological polar surface area (TPSA) is 85.4 Å². The van der Waals surface area contributed by atoms with Crippen LogP contribution in [0.4, 0.5) is 0 Å². The van der Waals surface area contributed by atoms with Gasteiger partial charge in [-0.2, -0.15) is 0 Å². The van der Waals surface area contributed by atoms with E-state index >= 15 is 0 Å². The Hall–Kier alpha value is -1.96. The Bertz CT molecular complexity index is 868. The van der Waals surface area contributed by atoms with E-state index in [1.165, 1.54) is 12.1 Å². The molecule has 6 nitrogen and oxygen atoms in total. The number of primary sulfonamides is 1. The van der Waals surface area contributed by atoms with Crippen molar-refractivity contribution in [2.75, 3.05) is 20.1 Å². The number of Topliss-reactive ketones (excluding diaryl/α,β-unsaturated/α-hetero) is 1. The number of hydrogen-bond donors (Lipinski definition) is 1. The van der Waals surface area contributed by atoms with Gasteiger partial charge in [0, 0.05) is 22.6 Å². The number of likely N-dealkylation sites (N-methyl/N-ethyl adjacent to an activating group) is 1. The fraction of sp³-hybridized carbons (Fsp3) is 0.389. The number of hydrogen-bond acceptors (Lipinski definition) is 4. The smallest absolute Gasteiger partial charge is 0.238 e. The van der Waals surface area contributed by atoms with Crippen molar-refractivity contribution in [2.24, 2.45) is 5.14 Å². The highest BCUT2D eigenvalue weighted by Crippen LogP contribution is 2.22. The van der Waals surface area contributed by atoms with Gasteiger partial charge in [-0.25, -0.2) is 13.6 Å². The van der Waals surface area contributed by atoms with Crippen molar-refractivity contribution in [3.05, 3.63) is 47.3 Å². The molecule has 0 aliphatic carbocycles. The van der Waals surface area contributed by atoms with E-state index in [1.807, 2.05) is 36.4 Å². The molecule has 7 heteroatoms. The van der Waals surface area contributed by atoms with Crippen LogP contribution >= 0.6 is 0 Å². The van der Waals surface area contributed by atoms with Gasteiger partial charge in [0.2, 0.25) is 10.0 Å². The standard InChI is InChI=1S/C18H25N3O3S/c1-5-10-20(4)12-18(22)17-11-13(2)21(14(17)3)15-6-8-16(9-7-15)25(19,23)24/h6-9,11H,5,10,12H2,1-4H3,(H2,19,23,24). The van der Waals surface area contributed by atoms with Gasteiger partial charge >= 0.3 is 0 Å². The highest BCUT2D eigenvalue weighted by atomic mass is 32.2. The average molecular weight is 363 g/mol. The first-order valence-corrected chi connectivity index (χ1v) is 9.73. The second-order valence-corrected chi connectivity index (χ2v) is 7.88. The summed E-state index contributed by atoms with van der Waals surface area (Å²) in [4.78, 5) is 14.7. The molecule has 25 heavy (non-hydrogen) atoms. The fourth-order valence-corrected chi connectivity index (χ4v) is 3.53. The Morgan fingerprint density at radius 3 is 2.32 bits per heavy atom. The zero-order chi connectivity index (χ0) is 18.8. The first-order valence-electron chi connectivity index (χ1n) is 8.19. The third-order valence-corrected chi connectivity index (χ3v) is 5.10. The second-order valence-electron chi connectivity index (χ2n) is 6.32. The Morgan fingerprint density at radius 2 is 1.80 bits per heavy atom. The van der Waals surface area contributed by atoms with Crippen LogP contribution in [0, 0.1) is 13.8 Å². The summed E-state index contributed by atoms with van der Waals surface area (Å²) < 4.78 is 24.7. The SMILES string of the molecule is CCCN(C)CC(=O)c1cc(C)n(-c2ccc(S(N)(=O)=O)cc2)c1C. The van der Waals surface area contributed by atoms with E-state index in [0.717, 1.165) is 30.0 Å². The molecule has 0 atom stereocenters. The van der Waals surface area contributed by atoms with Gasteiger partial charge in [0.25, 0.3) is 0 Å². The number of nitrogens with two attached hydrogens (primary N) is 1. The van der Waals surface area contributed by atoms with E-state index in [-0.39, 0.29) is 10.7 Å². The minimum absolute atomic E-state index is 0.0659. The monoisotopic (exact) mass is 363 g/mol. The number of aryl methyl sites for hydroxylation is 1. The number of ketones is 1. The Balaban J connectivity index is 2.35. The molecule has 0 fully saturated rings. The van der Waals surface area contributed by atoms with Crippen LogP contribution in [0.3, 0.4) is 0 Å². The van der Waals surface area contributed by atoms with E-state index < -0.39 is 10.0 Å². The van der Waals surface area contributed by atoms with Crippen LogP contribution in [0.25, 0.3) is 5.69 Å². The molecule has 2 aromatic rings. The van der Waals surface area contributed by atoms with Crippen LogP contribution in [0.1, 0.15) is 35.1 Å². The first kappa shape index (κ1) is 19.4. The van der Waals surface area contributed by atoms with Crippen molar-refractivity contribution in [2.45, 2.75) is 32.1 Å². The van der Waals surface area contributed by atoms with E-state index in [0.29, 0.717) is 12.1 Å². The number of benzene rings is 1. The van der Waals surface area contributed by atoms with Crippen molar-refractivity contribution in [3.8, 4) is 5.69 Å². The van der Waals surface area contributed by atoms with Crippen molar-refractivity contribution >= 4 is 15.8 Å². The van der Waals surface area contributed by atoms with Gasteiger partial charge in [-0.3, -0.25) is 9.69 Å². The van der Waals surface area contributed by atoms with Crippen molar-refractivity contribution < 1.29 is 13.2 Å². The Kier molecular flexibility index (Phi) is 5.82. The van der Waals surface area contributed by atoms with Gasteiger partial charge in [-0.1, -0.05) is 6.92 Å². The molecule has 0 saturated carbocycles. The lowest BCUT2D eigenvalue weighted by Crippen LogP contribution is -2.26. The maximum Gasteiger partial charge on any atom is 0.238 e. The predicted octanol–water partition coefficient (Wildman–Crippen LogP) is 2.27. The molecule has 0 aliphatic heterocycles. The number of sulfonamides is 1. The third kappa shape index (κ3) is 4.36. The normalized spacial score (nSPS) is 11.9. The number of carbonyl (C=O) groups is 1. The molecule has 1 aromatic heterocycles. The molecular weight excluding hydrogens is 338 g/mol. The molecule has 0 bridgehead atoms. The molecular formula is C18H25N3O3S. The highest BCUT2D eigenvalue weighted by molar-refractivity contribution is 7.89. The maximum atomic E-state index is 12.6. The Morgan fingerprint density at radius 1 is 1.20 bits per heavy atom. The Labute approximate surface area is 149 Å². The zero-order valence-corrected chi connectivity index (χ0v) is 15.9. The summed E-state index contributed by atoms with van der Waals surface area (Å²) in [5.74, 6) is 0.0801. The largest absolute Gasteiger partial charge is 0.318 e.